The minimum absolute atomic E-state index is 0.0898. The van der Waals surface area contributed by atoms with Gasteiger partial charge in [-0.05, 0) is 6.07 Å². The maximum Gasteiger partial charge on any atom is 0.223 e. The molecule has 0 radical (unpaired) electrons. The van der Waals surface area contributed by atoms with Crippen molar-refractivity contribution in [1.82, 2.24) is 10.3 Å². The van der Waals surface area contributed by atoms with Gasteiger partial charge in [0.2, 0.25) is 5.88 Å². The lowest BCUT2D eigenvalue weighted by atomic mass is 10.2. The molecule has 1 aromatic carbocycles. The van der Waals surface area contributed by atoms with Crippen molar-refractivity contribution >= 4 is 0 Å². The van der Waals surface area contributed by atoms with Crippen LogP contribution in [0.5, 0.6) is 11.6 Å². The number of hydrogen-bond acceptors (Lipinski definition) is 3. The average Bonchev–Trinajstić information content (AvgIpc) is 2.36. The second-order valence-electron chi connectivity index (χ2n) is 4.71. The Labute approximate surface area is 116 Å². The van der Waals surface area contributed by atoms with Crippen LogP contribution in [0.15, 0.2) is 36.5 Å². The van der Waals surface area contributed by atoms with Gasteiger partial charge in [0.05, 0.1) is 0 Å². The van der Waals surface area contributed by atoms with Gasteiger partial charge in [-0.25, -0.2) is 13.8 Å². The Hall–Kier alpha value is -2.01. The molecule has 0 aliphatic heterocycles. The van der Waals surface area contributed by atoms with E-state index in [1.54, 1.807) is 12.3 Å². The molecule has 1 heterocycles. The van der Waals surface area contributed by atoms with Crippen LogP contribution in [0.2, 0.25) is 0 Å². The van der Waals surface area contributed by atoms with Crippen LogP contribution in [-0.4, -0.2) is 11.0 Å². The van der Waals surface area contributed by atoms with E-state index < -0.39 is 11.6 Å². The Morgan fingerprint density at radius 3 is 2.55 bits per heavy atom. The van der Waals surface area contributed by atoms with Crippen molar-refractivity contribution in [1.29, 1.82) is 0 Å². The van der Waals surface area contributed by atoms with Crippen LogP contribution in [0.4, 0.5) is 8.78 Å². The smallest absolute Gasteiger partial charge is 0.223 e. The highest BCUT2D eigenvalue weighted by Crippen LogP contribution is 2.24. The van der Waals surface area contributed by atoms with Crippen molar-refractivity contribution in [3.63, 3.8) is 0 Å². The summed E-state index contributed by atoms with van der Waals surface area (Å²) in [6.45, 7) is 4.62. The van der Waals surface area contributed by atoms with Gasteiger partial charge in [0.25, 0.3) is 0 Å². The molecule has 0 spiro atoms. The van der Waals surface area contributed by atoms with Gasteiger partial charge in [0.15, 0.2) is 0 Å². The highest BCUT2D eigenvalue weighted by molar-refractivity contribution is 5.32. The lowest BCUT2D eigenvalue weighted by Crippen LogP contribution is -2.22. The minimum atomic E-state index is -0.683. The topological polar surface area (TPSA) is 34.2 Å². The van der Waals surface area contributed by atoms with Gasteiger partial charge in [-0.2, -0.15) is 0 Å². The van der Waals surface area contributed by atoms with E-state index in [0.29, 0.717) is 18.5 Å². The molecule has 0 bridgehead atoms. The van der Waals surface area contributed by atoms with Crippen molar-refractivity contribution in [2.24, 2.45) is 0 Å². The van der Waals surface area contributed by atoms with Gasteiger partial charge in [0.1, 0.15) is 17.4 Å². The number of pyridine rings is 1. The molecule has 106 valence electrons. The number of nitrogens with one attached hydrogen (secondary N) is 1. The van der Waals surface area contributed by atoms with E-state index in [1.807, 2.05) is 19.9 Å². The van der Waals surface area contributed by atoms with Gasteiger partial charge in [-0.15, -0.1) is 0 Å². The molecule has 20 heavy (non-hydrogen) atoms. The van der Waals surface area contributed by atoms with E-state index in [0.717, 1.165) is 23.8 Å². The first kappa shape index (κ1) is 14.4. The maximum absolute atomic E-state index is 13.1. The fourth-order valence-corrected chi connectivity index (χ4v) is 1.66. The quantitative estimate of drug-likeness (QED) is 0.906. The van der Waals surface area contributed by atoms with Gasteiger partial charge >= 0.3 is 0 Å². The van der Waals surface area contributed by atoms with Crippen LogP contribution in [0.25, 0.3) is 0 Å². The molecular formula is C15H16F2N2O. The normalized spacial score (nSPS) is 10.8. The van der Waals surface area contributed by atoms with E-state index >= 15 is 0 Å². The van der Waals surface area contributed by atoms with Gasteiger partial charge in [-0.1, -0.05) is 19.9 Å². The number of ether oxygens (including phenoxy) is 1. The Morgan fingerprint density at radius 2 is 1.90 bits per heavy atom. The SMILES string of the molecule is CC(C)NCc1cccnc1Oc1cc(F)cc(F)c1. The monoisotopic (exact) mass is 278 g/mol. The Balaban J connectivity index is 2.20. The van der Waals surface area contributed by atoms with Crippen molar-refractivity contribution < 1.29 is 13.5 Å². The van der Waals surface area contributed by atoms with Crippen LogP contribution in [0.1, 0.15) is 19.4 Å². The van der Waals surface area contributed by atoms with E-state index in [-0.39, 0.29) is 5.75 Å². The van der Waals surface area contributed by atoms with Crippen LogP contribution in [-0.2, 0) is 6.54 Å². The Bertz CT molecular complexity index is 568. The second kappa shape index (κ2) is 6.43. The molecule has 1 N–H and O–H groups in total. The molecule has 0 atom stereocenters. The third kappa shape index (κ3) is 3.99. The molecule has 2 aromatic rings. The summed E-state index contributed by atoms with van der Waals surface area (Å²) in [6, 6.07) is 7.00. The molecule has 1 aromatic heterocycles. The Morgan fingerprint density at radius 1 is 1.20 bits per heavy atom. The van der Waals surface area contributed by atoms with Crippen LogP contribution in [0, 0.1) is 11.6 Å². The number of hydrogen-bond donors (Lipinski definition) is 1. The highest BCUT2D eigenvalue weighted by Gasteiger charge is 2.08. The number of halogens is 2. The lowest BCUT2D eigenvalue weighted by Gasteiger charge is -2.12. The minimum Gasteiger partial charge on any atom is -0.438 e. The summed E-state index contributed by atoms with van der Waals surface area (Å²) < 4.78 is 31.7. The number of nitrogens with zero attached hydrogens (tertiary/aromatic N) is 1. The number of benzene rings is 1. The standard InChI is InChI=1S/C15H16F2N2O/c1-10(2)19-9-11-4-3-5-18-15(11)20-14-7-12(16)6-13(17)8-14/h3-8,10,19H,9H2,1-2H3. The zero-order chi connectivity index (χ0) is 14.5. The van der Waals surface area contributed by atoms with Crippen LogP contribution < -0.4 is 10.1 Å². The van der Waals surface area contributed by atoms with Gasteiger partial charge in [0, 0.05) is 42.5 Å². The lowest BCUT2D eigenvalue weighted by molar-refractivity contribution is 0.440. The zero-order valence-corrected chi connectivity index (χ0v) is 11.4. The van der Waals surface area contributed by atoms with Crippen molar-refractivity contribution in [2.75, 3.05) is 0 Å². The van der Waals surface area contributed by atoms with Gasteiger partial charge < -0.3 is 10.1 Å². The first-order valence-corrected chi connectivity index (χ1v) is 6.36. The summed E-state index contributed by atoms with van der Waals surface area (Å²) in [6.07, 6.45) is 1.57. The molecule has 0 aliphatic rings. The highest BCUT2D eigenvalue weighted by atomic mass is 19.1. The number of rotatable bonds is 5. The summed E-state index contributed by atoms with van der Waals surface area (Å²) in [7, 11) is 0. The maximum atomic E-state index is 13.1. The van der Waals surface area contributed by atoms with E-state index in [2.05, 4.69) is 10.3 Å². The third-order valence-corrected chi connectivity index (χ3v) is 2.60. The molecular weight excluding hydrogens is 262 g/mol. The van der Waals surface area contributed by atoms with Crippen molar-refractivity contribution in [2.45, 2.75) is 26.4 Å². The Kier molecular flexibility index (Phi) is 4.63. The zero-order valence-electron chi connectivity index (χ0n) is 11.4. The number of aromatic nitrogens is 1. The van der Waals surface area contributed by atoms with Crippen LogP contribution >= 0.6 is 0 Å². The summed E-state index contributed by atoms with van der Waals surface area (Å²) >= 11 is 0. The molecule has 3 nitrogen and oxygen atoms in total. The van der Waals surface area contributed by atoms with Crippen molar-refractivity contribution in [3.8, 4) is 11.6 Å². The largest absolute Gasteiger partial charge is 0.438 e. The predicted octanol–water partition coefficient (Wildman–Crippen LogP) is 3.65. The second-order valence-corrected chi connectivity index (χ2v) is 4.71. The van der Waals surface area contributed by atoms with Crippen molar-refractivity contribution in [3.05, 3.63) is 53.7 Å². The predicted molar refractivity (Wildman–Crippen MR) is 72.6 cm³/mol. The first-order chi connectivity index (χ1) is 9.54. The average molecular weight is 278 g/mol. The molecule has 0 saturated heterocycles. The third-order valence-electron chi connectivity index (χ3n) is 2.60. The fourth-order valence-electron chi connectivity index (χ4n) is 1.66. The molecule has 0 aliphatic carbocycles. The molecule has 0 amide bonds. The fraction of sp³-hybridized carbons (Fsp3) is 0.267. The van der Waals surface area contributed by atoms with E-state index in [4.69, 9.17) is 4.74 Å². The summed E-state index contributed by atoms with van der Waals surface area (Å²) in [5.74, 6) is -0.937. The first-order valence-electron chi connectivity index (χ1n) is 6.36. The molecule has 0 unspecified atom stereocenters. The van der Waals surface area contributed by atoms with E-state index in [9.17, 15) is 8.78 Å². The van der Waals surface area contributed by atoms with Gasteiger partial charge in [-0.3, -0.25) is 0 Å². The molecule has 5 heteroatoms. The van der Waals surface area contributed by atoms with Crippen LogP contribution in [0.3, 0.4) is 0 Å². The molecule has 0 saturated carbocycles. The summed E-state index contributed by atoms with van der Waals surface area (Å²) in [5, 5.41) is 3.24. The summed E-state index contributed by atoms with van der Waals surface area (Å²) in [5.41, 5.74) is 0.825. The molecule has 0 fully saturated rings. The summed E-state index contributed by atoms with van der Waals surface area (Å²) in [4.78, 5) is 4.10. The molecule has 2 rings (SSSR count). The van der Waals surface area contributed by atoms with E-state index in [1.165, 1.54) is 0 Å².